The molecule has 0 aliphatic carbocycles. The SMILES string of the molecule is C=CC(=CC=C(C)CCC)C(=O)Oc1ccc(C(=O)OC2COC3C(OC(=O)c4ccc(OC(=O)c5ccc(OC)cc5)cc4)COC23)cc1. The Morgan fingerprint density at radius 3 is 1.62 bits per heavy atom. The lowest BCUT2D eigenvalue weighted by Crippen LogP contribution is -2.36. The lowest BCUT2D eigenvalue weighted by molar-refractivity contribution is -0.129. The fourth-order valence-corrected chi connectivity index (χ4v) is 5.35. The van der Waals surface area contributed by atoms with Crippen LogP contribution in [0.1, 0.15) is 57.8 Å². The van der Waals surface area contributed by atoms with Crippen molar-refractivity contribution in [2.45, 2.75) is 51.1 Å². The van der Waals surface area contributed by atoms with Crippen molar-refractivity contribution in [2.24, 2.45) is 0 Å². The lowest BCUT2D eigenvalue weighted by atomic mass is 10.1. The molecule has 3 aromatic carbocycles. The molecule has 50 heavy (non-hydrogen) atoms. The molecule has 4 unspecified atom stereocenters. The van der Waals surface area contributed by atoms with Crippen molar-refractivity contribution >= 4 is 23.9 Å². The van der Waals surface area contributed by atoms with E-state index in [1.165, 1.54) is 61.7 Å². The van der Waals surface area contributed by atoms with Gasteiger partial charge in [0.2, 0.25) is 0 Å². The third-order valence-electron chi connectivity index (χ3n) is 8.05. The van der Waals surface area contributed by atoms with Crippen molar-refractivity contribution in [2.75, 3.05) is 20.3 Å². The Balaban J connectivity index is 1.10. The van der Waals surface area contributed by atoms with Crippen molar-refractivity contribution in [3.63, 3.8) is 0 Å². The van der Waals surface area contributed by atoms with Crippen LogP contribution in [0.5, 0.6) is 17.2 Å². The molecule has 2 saturated heterocycles. The van der Waals surface area contributed by atoms with Crippen molar-refractivity contribution in [3.8, 4) is 17.2 Å². The maximum Gasteiger partial charge on any atom is 0.343 e. The van der Waals surface area contributed by atoms with Gasteiger partial charge in [-0.3, -0.25) is 0 Å². The summed E-state index contributed by atoms with van der Waals surface area (Å²) >= 11 is 0. The number of rotatable bonds is 13. The zero-order valence-electron chi connectivity index (χ0n) is 28.0. The number of carbonyl (C=O) groups excluding carboxylic acids is 4. The van der Waals surface area contributed by atoms with Crippen molar-refractivity contribution in [1.29, 1.82) is 0 Å². The van der Waals surface area contributed by atoms with Gasteiger partial charge in [-0.15, -0.1) is 0 Å². The molecule has 11 heteroatoms. The van der Waals surface area contributed by atoms with Crippen LogP contribution in [0.4, 0.5) is 0 Å². The molecule has 0 N–H and O–H groups in total. The molecule has 2 aliphatic heterocycles. The molecule has 2 aliphatic rings. The highest BCUT2D eigenvalue weighted by Crippen LogP contribution is 2.32. The van der Waals surface area contributed by atoms with E-state index in [9.17, 15) is 19.2 Å². The maximum absolute atomic E-state index is 12.9. The van der Waals surface area contributed by atoms with Gasteiger partial charge in [0.05, 0.1) is 42.6 Å². The summed E-state index contributed by atoms with van der Waals surface area (Å²) in [6.45, 7) is 7.88. The Kier molecular flexibility index (Phi) is 12.0. The van der Waals surface area contributed by atoms with Gasteiger partial charge in [0.15, 0.2) is 12.2 Å². The summed E-state index contributed by atoms with van der Waals surface area (Å²) in [5.74, 6) is -1.23. The van der Waals surface area contributed by atoms with Crippen molar-refractivity contribution < 1.29 is 52.3 Å². The van der Waals surface area contributed by atoms with Gasteiger partial charge < -0.3 is 33.2 Å². The second-order valence-electron chi connectivity index (χ2n) is 11.6. The minimum Gasteiger partial charge on any atom is -0.497 e. The molecule has 260 valence electrons. The number of fused-ring (bicyclic) bond motifs is 1. The molecular formula is C39H38O11. The minimum atomic E-state index is -0.724. The summed E-state index contributed by atoms with van der Waals surface area (Å²) in [6.07, 6.45) is 4.19. The summed E-state index contributed by atoms with van der Waals surface area (Å²) < 4.78 is 38.9. The highest BCUT2D eigenvalue weighted by molar-refractivity contribution is 5.94. The summed E-state index contributed by atoms with van der Waals surface area (Å²) in [6, 6.07) is 18.4. The largest absolute Gasteiger partial charge is 0.497 e. The number of methoxy groups -OCH3 is 1. The van der Waals surface area contributed by atoms with Crippen molar-refractivity contribution in [3.05, 3.63) is 125 Å². The second kappa shape index (κ2) is 16.7. The number of benzene rings is 3. The first-order valence-corrected chi connectivity index (χ1v) is 16.1. The van der Waals surface area contributed by atoms with Crippen LogP contribution in [0.2, 0.25) is 0 Å². The molecule has 4 atom stereocenters. The van der Waals surface area contributed by atoms with E-state index >= 15 is 0 Å². The van der Waals surface area contributed by atoms with Crippen LogP contribution in [0.25, 0.3) is 0 Å². The Labute approximate surface area is 290 Å². The average molecular weight is 683 g/mol. The molecule has 11 nitrogen and oxygen atoms in total. The Morgan fingerprint density at radius 1 is 0.700 bits per heavy atom. The van der Waals surface area contributed by atoms with Gasteiger partial charge in [-0.2, -0.15) is 0 Å². The number of hydrogen-bond donors (Lipinski definition) is 0. The third-order valence-corrected chi connectivity index (χ3v) is 8.05. The Morgan fingerprint density at radius 2 is 1.16 bits per heavy atom. The normalized spacial score (nSPS) is 20.0. The molecule has 0 bridgehead atoms. The van der Waals surface area contributed by atoms with E-state index in [1.54, 1.807) is 30.3 Å². The average Bonchev–Trinajstić information content (AvgIpc) is 3.72. The fourth-order valence-electron chi connectivity index (χ4n) is 5.35. The minimum absolute atomic E-state index is 0.0574. The molecule has 2 heterocycles. The van der Waals surface area contributed by atoms with Crippen LogP contribution in [-0.4, -0.2) is 68.6 Å². The third kappa shape index (κ3) is 8.93. The Bertz CT molecular complexity index is 1750. The topological polar surface area (TPSA) is 133 Å². The van der Waals surface area contributed by atoms with Gasteiger partial charge in [-0.25, -0.2) is 19.2 Å². The van der Waals surface area contributed by atoms with Crippen LogP contribution in [0, 0.1) is 0 Å². The predicted molar refractivity (Wildman–Crippen MR) is 181 cm³/mol. The van der Waals surface area contributed by atoms with E-state index in [0.29, 0.717) is 16.9 Å². The molecule has 0 spiro atoms. The predicted octanol–water partition coefficient (Wildman–Crippen LogP) is 6.23. The van der Waals surface area contributed by atoms with E-state index in [2.05, 4.69) is 13.5 Å². The highest BCUT2D eigenvalue weighted by Gasteiger charge is 2.51. The van der Waals surface area contributed by atoms with Crippen LogP contribution in [-0.2, 0) is 23.7 Å². The van der Waals surface area contributed by atoms with E-state index in [-0.39, 0.29) is 35.8 Å². The van der Waals surface area contributed by atoms with E-state index < -0.39 is 48.3 Å². The van der Waals surface area contributed by atoms with Crippen LogP contribution in [0.3, 0.4) is 0 Å². The molecule has 0 radical (unpaired) electrons. The summed E-state index contributed by atoms with van der Waals surface area (Å²) in [5.41, 5.74) is 2.27. The van der Waals surface area contributed by atoms with Crippen LogP contribution < -0.4 is 14.2 Å². The molecular weight excluding hydrogens is 644 g/mol. The van der Waals surface area contributed by atoms with E-state index in [4.69, 9.17) is 33.2 Å². The molecule has 0 saturated carbocycles. The van der Waals surface area contributed by atoms with Gasteiger partial charge in [0, 0.05) is 0 Å². The fraction of sp³-hybridized carbons (Fsp3) is 0.282. The van der Waals surface area contributed by atoms with Gasteiger partial charge in [0.25, 0.3) is 0 Å². The summed E-state index contributed by atoms with van der Waals surface area (Å²) in [4.78, 5) is 50.9. The molecule has 5 rings (SSSR count). The van der Waals surface area contributed by atoms with Gasteiger partial charge >= 0.3 is 23.9 Å². The number of esters is 4. The van der Waals surface area contributed by atoms with Crippen molar-refractivity contribution in [1.82, 2.24) is 0 Å². The molecule has 0 aromatic heterocycles. The lowest BCUT2D eigenvalue weighted by Gasteiger charge is -2.17. The zero-order chi connectivity index (χ0) is 35.6. The monoisotopic (exact) mass is 682 g/mol. The van der Waals surface area contributed by atoms with E-state index in [1.807, 2.05) is 13.0 Å². The second-order valence-corrected chi connectivity index (χ2v) is 11.6. The highest BCUT2D eigenvalue weighted by atomic mass is 16.7. The summed E-state index contributed by atoms with van der Waals surface area (Å²) in [5, 5.41) is 0. The molecule has 2 fully saturated rings. The van der Waals surface area contributed by atoms with Crippen LogP contribution in [0.15, 0.2) is 109 Å². The maximum atomic E-state index is 12.9. The molecule has 3 aromatic rings. The first-order chi connectivity index (χ1) is 24.2. The number of carbonyl (C=O) groups is 4. The summed E-state index contributed by atoms with van der Waals surface area (Å²) in [7, 11) is 1.53. The van der Waals surface area contributed by atoms with Gasteiger partial charge in [-0.05, 0) is 92.2 Å². The number of hydrogen-bond acceptors (Lipinski definition) is 11. The van der Waals surface area contributed by atoms with Gasteiger partial charge in [-0.1, -0.05) is 37.6 Å². The number of ether oxygens (including phenoxy) is 7. The standard InChI is InChI=1S/C39H38O11/c1-5-7-24(3)8-9-25(6-2)36(40)47-30-18-12-27(13-19-30)38(42)49-32-22-45-35-33(23-46-34(32)35)50-39(43)28-14-20-31(21-15-28)48-37(41)26-10-16-29(44-4)17-11-26/h6,8-21,32-35H,2,5,7,22-23H2,1,3-4H3. The van der Waals surface area contributed by atoms with Gasteiger partial charge in [0.1, 0.15) is 29.5 Å². The first kappa shape index (κ1) is 35.8. The zero-order valence-corrected chi connectivity index (χ0v) is 28.0. The number of allylic oxidation sites excluding steroid dienone is 3. The Hall–Kier alpha value is -5.52. The quantitative estimate of drug-likeness (QED) is 0.0880. The van der Waals surface area contributed by atoms with E-state index in [0.717, 1.165) is 18.4 Å². The first-order valence-electron chi connectivity index (χ1n) is 16.1. The smallest absolute Gasteiger partial charge is 0.343 e. The van der Waals surface area contributed by atoms with Crippen LogP contribution >= 0.6 is 0 Å². The molecule has 0 amide bonds.